The van der Waals surface area contributed by atoms with Crippen LogP contribution in [0.15, 0.2) is 54.6 Å². The zero-order valence-electron chi connectivity index (χ0n) is 13.0. The topological polar surface area (TPSA) is 12.5 Å². The Labute approximate surface area is 146 Å². The van der Waals surface area contributed by atoms with Crippen molar-refractivity contribution < 1.29 is 4.84 Å². The lowest BCUT2D eigenvalue weighted by Crippen LogP contribution is -2.34. The van der Waals surface area contributed by atoms with Gasteiger partial charge in [-0.25, -0.2) is 5.06 Å². The minimum Gasteiger partial charge on any atom is -0.266 e. The summed E-state index contributed by atoms with van der Waals surface area (Å²) in [5.74, 6) is 2.38. The molecule has 4 heteroatoms. The van der Waals surface area contributed by atoms with Crippen LogP contribution in [0.4, 0.5) is 5.69 Å². The van der Waals surface area contributed by atoms with Crippen LogP contribution in [-0.2, 0) is 4.84 Å². The largest absolute Gasteiger partial charge is 0.266 e. The maximum Gasteiger partial charge on any atom is 0.100 e. The van der Waals surface area contributed by atoms with E-state index < -0.39 is 0 Å². The van der Waals surface area contributed by atoms with Crippen molar-refractivity contribution in [3.05, 3.63) is 65.2 Å². The molecule has 2 aliphatic heterocycles. The number of anilines is 1. The molecule has 0 N–H and O–H groups in total. The predicted octanol–water partition coefficient (Wildman–Crippen LogP) is 5.49. The molecule has 2 saturated heterocycles. The van der Waals surface area contributed by atoms with Crippen LogP contribution < -0.4 is 5.06 Å². The lowest BCUT2D eigenvalue weighted by molar-refractivity contribution is -0.0193. The quantitative estimate of drug-likeness (QED) is 0.714. The predicted molar refractivity (Wildman–Crippen MR) is 98.1 cm³/mol. The summed E-state index contributed by atoms with van der Waals surface area (Å²) in [7, 11) is 0. The average Bonchev–Trinajstić information content (AvgIpc) is 2.96. The summed E-state index contributed by atoms with van der Waals surface area (Å²) < 4.78 is 0. The van der Waals surface area contributed by atoms with Gasteiger partial charge in [-0.1, -0.05) is 41.9 Å². The molecule has 2 aliphatic rings. The molecule has 0 bridgehead atoms. The molecule has 2 aromatic carbocycles. The van der Waals surface area contributed by atoms with Crippen LogP contribution in [0.5, 0.6) is 0 Å². The molecule has 0 saturated carbocycles. The fourth-order valence-electron chi connectivity index (χ4n) is 3.53. The Kier molecular flexibility index (Phi) is 4.27. The fourth-order valence-corrected chi connectivity index (χ4v) is 4.89. The van der Waals surface area contributed by atoms with Gasteiger partial charge in [0.25, 0.3) is 0 Å². The van der Waals surface area contributed by atoms with Gasteiger partial charge in [-0.2, -0.15) is 11.8 Å². The van der Waals surface area contributed by atoms with Crippen molar-refractivity contribution in [3.63, 3.8) is 0 Å². The summed E-state index contributed by atoms with van der Waals surface area (Å²) in [4.78, 5) is 6.56. The first kappa shape index (κ1) is 15.4. The molecule has 2 aromatic rings. The van der Waals surface area contributed by atoms with Crippen molar-refractivity contribution in [3.8, 4) is 0 Å². The second-order valence-corrected chi connectivity index (χ2v) is 7.98. The highest BCUT2D eigenvalue weighted by Crippen LogP contribution is 2.48. The van der Waals surface area contributed by atoms with E-state index in [9.17, 15) is 0 Å². The summed E-state index contributed by atoms with van der Waals surface area (Å²) in [6, 6.07) is 18.9. The van der Waals surface area contributed by atoms with Crippen molar-refractivity contribution >= 4 is 29.1 Å². The van der Waals surface area contributed by atoms with Crippen LogP contribution in [-0.4, -0.2) is 17.1 Å². The molecule has 1 unspecified atom stereocenters. The molecular weight excluding hydrogens is 326 g/mol. The highest BCUT2D eigenvalue weighted by Gasteiger charge is 2.47. The van der Waals surface area contributed by atoms with Gasteiger partial charge in [0.2, 0.25) is 0 Å². The number of hydroxylamine groups is 1. The first-order chi connectivity index (χ1) is 11.3. The number of hydrogen-bond donors (Lipinski definition) is 0. The van der Waals surface area contributed by atoms with Crippen LogP contribution in [0.1, 0.15) is 30.9 Å². The van der Waals surface area contributed by atoms with Gasteiger partial charge in [-0.05, 0) is 54.2 Å². The summed E-state index contributed by atoms with van der Waals surface area (Å²) in [5, 5.41) is 2.90. The van der Waals surface area contributed by atoms with E-state index in [1.54, 1.807) is 0 Å². The Morgan fingerprint density at radius 3 is 2.39 bits per heavy atom. The minimum atomic E-state index is -0.00854. The van der Waals surface area contributed by atoms with Crippen LogP contribution >= 0.6 is 23.4 Å². The van der Waals surface area contributed by atoms with E-state index in [2.05, 4.69) is 41.5 Å². The Hall–Kier alpha value is -1.16. The summed E-state index contributed by atoms with van der Waals surface area (Å²) >= 11 is 8.10. The van der Waals surface area contributed by atoms with Crippen molar-refractivity contribution in [2.45, 2.75) is 30.9 Å². The summed E-state index contributed by atoms with van der Waals surface area (Å²) in [6.07, 6.45) is 3.31. The highest BCUT2D eigenvalue weighted by atomic mass is 35.5. The molecule has 0 amide bonds. The standard InChI is InChI=1S/C19H20ClNOS/c20-16-8-6-15(7-9-16)18-14-19(10-12-23-13-11-19)22-21(18)17-4-2-1-3-5-17/h1-9,18H,10-14H2. The second kappa shape index (κ2) is 6.39. The summed E-state index contributed by atoms with van der Waals surface area (Å²) in [6.45, 7) is 0. The number of benzene rings is 2. The van der Waals surface area contributed by atoms with Gasteiger partial charge in [0.1, 0.15) is 5.60 Å². The molecular formula is C19H20ClNOS. The molecule has 1 spiro atoms. The fraction of sp³-hybridized carbons (Fsp3) is 0.368. The van der Waals surface area contributed by atoms with E-state index in [4.69, 9.17) is 16.4 Å². The van der Waals surface area contributed by atoms with Crippen LogP contribution in [0, 0.1) is 0 Å². The number of thioether (sulfide) groups is 1. The third-order valence-corrected chi connectivity index (χ3v) is 6.05. The maximum atomic E-state index is 6.56. The van der Waals surface area contributed by atoms with Gasteiger partial charge in [-0.3, -0.25) is 4.84 Å². The normalized spacial score (nSPS) is 23.3. The molecule has 2 fully saturated rings. The smallest absolute Gasteiger partial charge is 0.100 e. The van der Waals surface area contributed by atoms with Crippen molar-refractivity contribution in [2.24, 2.45) is 0 Å². The SMILES string of the molecule is Clc1ccc(C2CC3(CCSCC3)ON2c2ccccc2)cc1. The number of nitrogens with zero attached hydrogens (tertiary/aromatic N) is 1. The van der Waals surface area contributed by atoms with Crippen LogP contribution in [0.3, 0.4) is 0 Å². The van der Waals surface area contributed by atoms with Gasteiger partial charge in [0.05, 0.1) is 11.7 Å². The second-order valence-electron chi connectivity index (χ2n) is 6.32. The molecule has 0 aliphatic carbocycles. The van der Waals surface area contributed by atoms with Gasteiger partial charge in [-0.15, -0.1) is 0 Å². The van der Waals surface area contributed by atoms with Crippen molar-refractivity contribution in [1.29, 1.82) is 0 Å². The summed E-state index contributed by atoms with van der Waals surface area (Å²) in [5.41, 5.74) is 2.39. The Morgan fingerprint density at radius 2 is 1.70 bits per heavy atom. The van der Waals surface area contributed by atoms with Crippen molar-refractivity contribution in [1.82, 2.24) is 0 Å². The third-order valence-electron chi connectivity index (χ3n) is 4.81. The van der Waals surface area contributed by atoms with Gasteiger partial charge < -0.3 is 0 Å². The number of hydrogen-bond acceptors (Lipinski definition) is 3. The van der Waals surface area contributed by atoms with E-state index in [0.29, 0.717) is 0 Å². The Morgan fingerprint density at radius 1 is 1.00 bits per heavy atom. The maximum absolute atomic E-state index is 6.56. The number of rotatable bonds is 2. The van der Waals surface area contributed by atoms with E-state index >= 15 is 0 Å². The average molecular weight is 346 g/mol. The lowest BCUT2D eigenvalue weighted by Gasteiger charge is -2.32. The minimum absolute atomic E-state index is 0.00854. The van der Waals surface area contributed by atoms with E-state index in [1.165, 1.54) is 17.1 Å². The molecule has 2 heterocycles. The highest BCUT2D eigenvalue weighted by molar-refractivity contribution is 7.99. The first-order valence-electron chi connectivity index (χ1n) is 8.12. The van der Waals surface area contributed by atoms with Gasteiger partial charge in [0, 0.05) is 11.4 Å². The molecule has 23 heavy (non-hydrogen) atoms. The first-order valence-corrected chi connectivity index (χ1v) is 9.66. The molecule has 0 radical (unpaired) electrons. The van der Waals surface area contributed by atoms with Crippen molar-refractivity contribution in [2.75, 3.05) is 16.6 Å². The lowest BCUT2D eigenvalue weighted by atomic mass is 9.88. The third kappa shape index (κ3) is 3.10. The monoisotopic (exact) mass is 345 g/mol. The van der Waals surface area contributed by atoms with Crippen LogP contribution in [0.25, 0.3) is 0 Å². The molecule has 4 rings (SSSR count). The van der Waals surface area contributed by atoms with Gasteiger partial charge >= 0.3 is 0 Å². The van der Waals surface area contributed by atoms with Gasteiger partial charge in [0.15, 0.2) is 0 Å². The Bertz CT molecular complexity index is 655. The van der Waals surface area contributed by atoms with E-state index in [1.807, 2.05) is 30.0 Å². The Balaban J connectivity index is 1.69. The number of para-hydroxylation sites is 1. The number of halogens is 1. The molecule has 1 atom stereocenters. The molecule has 120 valence electrons. The zero-order valence-corrected chi connectivity index (χ0v) is 14.5. The van der Waals surface area contributed by atoms with E-state index in [-0.39, 0.29) is 11.6 Å². The molecule has 0 aromatic heterocycles. The molecule has 2 nitrogen and oxygen atoms in total. The van der Waals surface area contributed by atoms with E-state index in [0.717, 1.165) is 30.0 Å². The van der Waals surface area contributed by atoms with Crippen LogP contribution in [0.2, 0.25) is 5.02 Å². The zero-order chi connectivity index (χ0) is 15.7.